The number of aryl methyl sites for hydroxylation is 1. The Balaban J connectivity index is 2.40. The first-order valence-electron chi connectivity index (χ1n) is 6.16. The average Bonchev–Trinajstić information content (AvgIpc) is 2.38. The number of rotatable bonds is 4. The van der Waals surface area contributed by atoms with Crippen molar-refractivity contribution in [2.75, 3.05) is 10.6 Å². The van der Waals surface area contributed by atoms with Crippen molar-refractivity contribution < 1.29 is 12.8 Å². The van der Waals surface area contributed by atoms with E-state index in [1.165, 1.54) is 10.4 Å². The molecule has 20 heavy (non-hydrogen) atoms. The van der Waals surface area contributed by atoms with Crippen molar-refractivity contribution in [3.05, 3.63) is 65.5 Å². The lowest BCUT2D eigenvalue weighted by Crippen LogP contribution is -2.29. The molecule has 2 aromatic rings. The maximum Gasteiger partial charge on any atom is 0.232 e. The second kappa shape index (κ2) is 5.63. The topological polar surface area (TPSA) is 37.4 Å². The highest BCUT2D eigenvalue weighted by atomic mass is 32.2. The molecule has 0 fully saturated rings. The van der Waals surface area contributed by atoms with E-state index in [4.69, 9.17) is 0 Å². The van der Waals surface area contributed by atoms with Gasteiger partial charge in [-0.3, -0.25) is 4.31 Å². The summed E-state index contributed by atoms with van der Waals surface area (Å²) in [5, 5.41) is 0. The SMILES string of the molecule is Cc1ccc(N(Cc2ccccc2F)S(C)(=O)=O)cc1. The number of sulfonamides is 1. The van der Waals surface area contributed by atoms with E-state index >= 15 is 0 Å². The third-order valence-electron chi connectivity index (χ3n) is 2.99. The standard InChI is InChI=1S/C15H16FNO2S/c1-12-7-9-14(10-8-12)17(20(2,18)19)11-13-5-3-4-6-15(13)16/h3-10H,11H2,1-2H3. The van der Waals surface area contributed by atoms with E-state index in [0.29, 0.717) is 11.3 Å². The molecule has 5 heteroatoms. The maximum absolute atomic E-state index is 13.7. The van der Waals surface area contributed by atoms with E-state index in [2.05, 4.69) is 0 Å². The van der Waals surface area contributed by atoms with Gasteiger partial charge in [0.1, 0.15) is 5.82 Å². The van der Waals surface area contributed by atoms with Crippen LogP contribution in [0.15, 0.2) is 48.5 Å². The first-order chi connectivity index (χ1) is 9.38. The molecule has 2 rings (SSSR count). The van der Waals surface area contributed by atoms with Crippen molar-refractivity contribution in [2.24, 2.45) is 0 Å². The summed E-state index contributed by atoms with van der Waals surface area (Å²) in [4.78, 5) is 0. The zero-order valence-electron chi connectivity index (χ0n) is 11.4. The largest absolute Gasteiger partial charge is 0.266 e. The van der Waals surface area contributed by atoms with Gasteiger partial charge in [-0.2, -0.15) is 0 Å². The third-order valence-corrected chi connectivity index (χ3v) is 4.13. The smallest absolute Gasteiger partial charge is 0.232 e. The number of halogens is 1. The van der Waals surface area contributed by atoms with Crippen LogP contribution in [-0.2, 0) is 16.6 Å². The zero-order chi connectivity index (χ0) is 14.8. The second-order valence-electron chi connectivity index (χ2n) is 4.70. The Morgan fingerprint density at radius 1 is 1.05 bits per heavy atom. The first-order valence-corrected chi connectivity index (χ1v) is 8.00. The molecule has 106 valence electrons. The van der Waals surface area contributed by atoms with Crippen LogP contribution in [0.2, 0.25) is 0 Å². The Labute approximate surface area is 118 Å². The van der Waals surface area contributed by atoms with Gasteiger partial charge in [0.15, 0.2) is 0 Å². The molecule has 0 aliphatic rings. The number of benzene rings is 2. The van der Waals surface area contributed by atoms with E-state index in [1.54, 1.807) is 30.3 Å². The third kappa shape index (κ3) is 3.36. The Hall–Kier alpha value is -1.88. The van der Waals surface area contributed by atoms with E-state index in [1.807, 2.05) is 19.1 Å². The molecule has 0 N–H and O–H groups in total. The predicted molar refractivity (Wildman–Crippen MR) is 78.6 cm³/mol. The van der Waals surface area contributed by atoms with Crippen molar-refractivity contribution in [1.29, 1.82) is 0 Å². The summed E-state index contributed by atoms with van der Waals surface area (Å²) in [7, 11) is -3.48. The normalized spacial score (nSPS) is 11.3. The molecule has 0 heterocycles. The lowest BCUT2D eigenvalue weighted by atomic mass is 10.2. The second-order valence-corrected chi connectivity index (χ2v) is 6.60. The molecular weight excluding hydrogens is 277 g/mol. The van der Waals surface area contributed by atoms with Crippen molar-refractivity contribution in [3.63, 3.8) is 0 Å². The monoisotopic (exact) mass is 293 g/mol. The van der Waals surface area contributed by atoms with Crippen LogP contribution in [0.3, 0.4) is 0 Å². The molecule has 0 saturated heterocycles. The fourth-order valence-electron chi connectivity index (χ4n) is 1.89. The Bertz CT molecular complexity index is 696. The first kappa shape index (κ1) is 14.5. The summed E-state index contributed by atoms with van der Waals surface area (Å²) in [6.45, 7) is 1.90. The van der Waals surface area contributed by atoms with Crippen molar-refractivity contribution in [2.45, 2.75) is 13.5 Å². The van der Waals surface area contributed by atoms with Gasteiger partial charge in [0.25, 0.3) is 0 Å². The average molecular weight is 293 g/mol. The lowest BCUT2D eigenvalue weighted by Gasteiger charge is -2.22. The van der Waals surface area contributed by atoms with E-state index in [-0.39, 0.29) is 6.54 Å². The maximum atomic E-state index is 13.7. The fourth-order valence-corrected chi connectivity index (χ4v) is 2.77. The van der Waals surface area contributed by atoms with Gasteiger partial charge in [-0.05, 0) is 25.1 Å². The van der Waals surface area contributed by atoms with Gasteiger partial charge in [-0.15, -0.1) is 0 Å². The minimum Gasteiger partial charge on any atom is -0.266 e. The molecule has 0 amide bonds. The molecular formula is C15H16FNO2S. The zero-order valence-corrected chi connectivity index (χ0v) is 12.2. The minimum absolute atomic E-state index is 0.0193. The summed E-state index contributed by atoms with van der Waals surface area (Å²) >= 11 is 0. The molecule has 3 nitrogen and oxygen atoms in total. The van der Waals surface area contributed by atoms with Gasteiger partial charge in [0.05, 0.1) is 18.5 Å². The van der Waals surface area contributed by atoms with Gasteiger partial charge in [0.2, 0.25) is 10.0 Å². The highest BCUT2D eigenvalue weighted by Gasteiger charge is 2.19. The summed E-state index contributed by atoms with van der Waals surface area (Å²) in [5.41, 5.74) is 1.91. The molecule has 0 aromatic heterocycles. The van der Waals surface area contributed by atoms with Crippen molar-refractivity contribution in [3.8, 4) is 0 Å². The molecule has 0 unspecified atom stereocenters. The minimum atomic E-state index is -3.48. The van der Waals surface area contributed by atoms with Crippen LogP contribution in [0.25, 0.3) is 0 Å². The number of hydrogen-bond acceptors (Lipinski definition) is 2. The molecule has 0 atom stereocenters. The highest BCUT2D eigenvalue weighted by molar-refractivity contribution is 7.92. The van der Waals surface area contributed by atoms with E-state index in [9.17, 15) is 12.8 Å². The van der Waals surface area contributed by atoms with Crippen LogP contribution >= 0.6 is 0 Å². The van der Waals surface area contributed by atoms with E-state index in [0.717, 1.165) is 11.8 Å². The van der Waals surface area contributed by atoms with Gasteiger partial charge in [-0.1, -0.05) is 35.9 Å². The van der Waals surface area contributed by atoms with Gasteiger partial charge < -0.3 is 0 Å². The number of nitrogens with zero attached hydrogens (tertiary/aromatic N) is 1. The predicted octanol–water partition coefficient (Wildman–Crippen LogP) is 3.10. The molecule has 0 radical (unpaired) electrons. The Morgan fingerprint density at radius 3 is 2.20 bits per heavy atom. The fraction of sp³-hybridized carbons (Fsp3) is 0.200. The Morgan fingerprint density at radius 2 is 1.65 bits per heavy atom. The van der Waals surface area contributed by atoms with Crippen LogP contribution in [0.5, 0.6) is 0 Å². The van der Waals surface area contributed by atoms with Gasteiger partial charge in [-0.25, -0.2) is 12.8 Å². The molecule has 0 aliphatic heterocycles. The van der Waals surface area contributed by atoms with Crippen molar-refractivity contribution >= 4 is 15.7 Å². The molecule has 2 aromatic carbocycles. The van der Waals surface area contributed by atoms with Crippen LogP contribution in [0.4, 0.5) is 10.1 Å². The lowest BCUT2D eigenvalue weighted by molar-refractivity contribution is 0.590. The van der Waals surface area contributed by atoms with Crippen LogP contribution < -0.4 is 4.31 Å². The summed E-state index contributed by atoms with van der Waals surface area (Å²) in [6.07, 6.45) is 1.12. The van der Waals surface area contributed by atoms with Crippen molar-refractivity contribution in [1.82, 2.24) is 0 Å². The highest BCUT2D eigenvalue weighted by Crippen LogP contribution is 2.22. The van der Waals surface area contributed by atoms with Crippen LogP contribution in [-0.4, -0.2) is 14.7 Å². The number of anilines is 1. The summed E-state index contributed by atoms with van der Waals surface area (Å²) in [5.74, 6) is -0.409. The van der Waals surface area contributed by atoms with Crippen LogP contribution in [0.1, 0.15) is 11.1 Å². The summed E-state index contributed by atoms with van der Waals surface area (Å²) < 4.78 is 38.8. The number of hydrogen-bond donors (Lipinski definition) is 0. The Kier molecular flexibility index (Phi) is 4.09. The van der Waals surface area contributed by atoms with Gasteiger partial charge >= 0.3 is 0 Å². The summed E-state index contributed by atoms with van der Waals surface area (Å²) in [6, 6.07) is 13.3. The quantitative estimate of drug-likeness (QED) is 0.868. The molecule has 0 aliphatic carbocycles. The van der Waals surface area contributed by atoms with Crippen LogP contribution in [0, 0.1) is 12.7 Å². The molecule has 0 bridgehead atoms. The van der Waals surface area contributed by atoms with Gasteiger partial charge in [0, 0.05) is 5.56 Å². The molecule has 0 spiro atoms. The van der Waals surface area contributed by atoms with E-state index < -0.39 is 15.8 Å². The molecule has 0 saturated carbocycles.